The van der Waals surface area contributed by atoms with Gasteiger partial charge in [0.2, 0.25) is 5.91 Å². The van der Waals surface area contributed by atoms with Crippen molar-refractivity contribution in [2.75, 3.05) is 27.3 Å². The molecule has 5 rings (SSSR count). The van der Waals surface area contributed by atoms with Crippen LogP contribution >= 0.6 is 0 Å². The fraction of sp³-hybridized carbons (Fsp3) is 0.464. The molecule has 0 bridgehead atoms. The first-order valence-corrected chi connectivity index (χ1v) is 12.4. The van der Waals surface area contributed by atoms with E-state index in [1.165, 1.54) is 4.90 Å². The maximum Gasteiger partial charge on any atom is 0.261 e. The molecule has 3 atom stereocenters. The van der Waals surface area contributed by atoms with Crippen molar-refractivity contribution in [2.45, 2.75) is 45.1 Å². The zero-order chi connectivity index (χ0) is 24.7. The van der Waals surface area contributed by atoms with Crippen LogP contribution in [0, 0.1) is 11.8 Å². The minimum Gasteiger partial charge on any atom is -0.493 e. The number of methoxy groups -OCH3 is 2. The molecule has 2 aliphatic heterocycles. The average Bonchev–Trinajstić information content (AvgIpc) is 3.12. The average molecular weight is 477 g/mol. The van der Waals surface area contributed by atoms with E-state index in [1.54, 1.807) is 38.5 Å². The van der Waals surface area contributed by atoms with Gasteiger partial charge < -0.3 is 14.4 Å². The number of nitrogens with zero attached hydrogens (tertiary/aromatic N) is 2. The van der Waals surface area contributed by atoms with Gasteiger partial charge in [0.1, 0.15) is 0 Å². The van der Waals surface area contributed by atoms with E-state index in [-0.39, 0.29) is 30.2 Å². The SMILES string of the molecule is COc1cc2c(cc1OC)[C@H](CN1C(=O)c3ccccc3C1=O)N(C(=O)C1CCCCC1C)CC2. The number of amides is 3. The molecule has 0 radical (unpaired) electrons. The van der Waals surface area contributed by atoms with Crippen LogP contribution in [-0.2, 0) is 11.2 Å². The molecule has 3 aliphatic rings. The van der Waals surface area contributed by atoms with Crippen LogP contribution in [0.1, 0.15) is 70.5 Å². The summed E-state index contributed by atoms with van der Waals surface area (Å²) in [6.07, 6.45) is 4.83. The van der Waals surface area contributed by atoms with Crippen LogP contribution in [0.2, 0.25) is 0 Å². The highest BCUT2D eigenvalue weighted by molar-refractivity contribution is 6.21. The van der Waals surface area contributed by atoms with Gasteiger partial charge >= 0.3 is 0 Å². The molecule has 2 aromatic carbocycles. The van der Waals surface area contributed by atoms with Gasteiger partial charge in [0.15, 0.2) is 11.5 Å². The molecule has 2 unspecified atom stereocenters. The Morgan fingerprint density at radius 2 is 1.60 bits per heavy atom. The van der Waals surface area contributed by atoms with Crippen LogP contribution in [0.25, 0.3) is 0 Å². The van der Waals surface area contributed by atoms with Crippen molar-refractivity contribution in [3.05, 3.63) is 58.7 Å². The number of hydrogen-bond donors (Lipinski definition) is 0. The molecule has 0 aromatic heterocycles. The molecular weight excluding hydrogens is 444 g/mol. The first-order chi connectivity index (χ1) is 16.9. The standard InChI is InChI=1S/C28H32N2O5/c1-17-8-4-5-9-19(17)26(31)29-13-12-18-14-24(34-2)25(35-3)15-22(18)23(29)16-30-27(32)20-10-6-7-11-21(20)28(30)33/h6-7,10-11,14-15,17,19,23H,4-5,8-9,12-13,16H2,1-3H3/t17?,19?,23-/m0/s1. The quantitative estimate of drug-likeness (QED) is 0.603. The summed E-state index contributed by atoms with van der Waals surface area (Å²) in [5, 5.41) is 0. The van der Waals surface area contributed by atoms with Crippen molar-refractivity contribution >= 4 is 17.7 Å². The predicted molar refractivity (Wildman–Crippen MR) is 131 cm³/mol. The molecule has 1 fully saturated rings. The number of ether oxygens (including phenoxy) is 2. The Balaban J connectivity index is 1.54. The Labute approximate surface area is 206 Å². The van der Waals surface area contributed by atoms with Gasteiger partial charge in [-0.3, -0.25) is 19.3 Å². The number of fused-ring (bicyclic) bond motifs is 2. The molecule has 7 nitrogen and oxygen atoms in total. The Bertz CT molecular complexity index is 1140. The molecule has 7 heteroatoms. The Morgan fingerprint density at radius 1 is 0.971 bits per heavy atom. The fourth-order valence-electron chi connectivity index (χ4n) is 5.96. The molecule has 1 saturated carbocycles. The third-order valence-corrected chi connectivity index (χ3v) is 7.95. The molecule has 184 valence electrons. The topological polar surface area (TPSA) is 76.2 Å². The molecule has 1 aliphatic carbocycles. The fourth-order valence-corrected chi connectivity index (χ4v) is 5.96. The van der Waals surface area contributed by atoms with Gasteiger partial charge in [-0.05, 0) is 60.6 Å². The van der Waals surface area contributed by atoms with Crippen LogP contribution in [0.5, 0.6) is 11.5 Å². The van der Waals surface area contributed by atoms with Gasteiger partial charge in [0.25, 0.3) is 11.8 Å². The van der Waals surface area contributed by atoms with E-state index < -0.39 is 6.04 Å². The third kappa shape index (κ3) is 3.97. The lowest BCUT2D eigenvalue weighted by atomic mass is 9.78. The Morgan fingerprint density at radius 3 is 2.23 bits per heavy atom. The summed E-state index contributed by atoms with van der Waals surface area (Å²) in [6.45, 7) is 2.81. The molecule has 0 N–H and O–H groups in total. The van der Waals surface area contributed by atoms with Crippen molar-refractivity contribution in [1.29, 1.82) is 0 Å². The summed E-state index contributed by atoms with van der Waals surface area (Å²) in [5.74, 6) is 0.996. The van der Waals surface area contributed by atoms with Crippen LogP contribution in [0.4, 0.5) is 0 Å². The second-order valence-corrected chi connectivity index (χ2v) is 9.84. The van der Waals surface area contributed by atoms with Crippen LogP contribution in [-0.4, -0.2) is 54.8 Å². The number of hydrogen-bond acceptors (Lipinski definition) is 5. The predicted octanol–water partition coefficient (Wildman–Crippen LogP) is 4.25. The zero-order valence-corrected chi connectivity index (χ0v) is 20.6. The van der Waals surface area contributed by atoms with E-state index in [4.69, 9.17) is 9.47 Å². The highest BCUT2D eigenvalue weighted by atomic mass is 16.5. The third-order valence-electron chi connectivity index (χ3n) is 7.95. The normalized spacial score (nSPS) is 23.7. The lowest BCUT2D eigenvalue weighted by Crippen LogP contribution is -2.49. The lowest BCUT2D eigenvalue weighted by molar-refractivity contribution is -0.141. The largest absolute Gasteiger partial charge is 0.493 e. The van der Waals surface area contributed by atoms with E-state index in [2.05, 4.69) is 6.92 Å². The van der Waals surface area contributed by atoms with Crippen LogP contribution < -0.4 is 9.47 Å². The van der Waals surface area contributed by atoms with E-state index >= 15 is 0 Å². The van der Waals surface area contributed by atoms with Crippen molar-refractivity contribution in [3.63, 3.8) is 0 Å². The van der Waals surface area contributed by atoms with Crippen molar-refractivity contribution in [1.82, 2.24) is 9.80 Å². The Hall–Kier alpha value is -3.35. The molecule has 35 heavy (non-hydrogen) atoms. The van der Waals surface area contributed by atoms with Gasteiger partial charge in [0.05, 0.1) is 37.9 Å². The number of benzene rings is 2. The van der Waals surface area contributed by atoms with Crippen LogP contribution in [0.15, 0.2) is 36.4 Å². The summed E-state index contributed by atoms with van der Waals surface area (Å²) >= 11 is 0. The van der Waals surface area contributed by atoms with Crippen LogP contribution in [0.3, 0.4) is 0 Å². The maximum absolute atomic E-state index is 13.9. The van der Waals surface area contributed by atoms with Crippen molar-refractivity contribution < 1.29 is 23.9 Å². The summed E-state index contributed by atoms with van der Waals surface area (Å²) in [7, 11) is 3.18. The van der Waals surface area contributed by atoms with E-state index in [0.29, 0.717) is 41.5 Å². The van der Waals surface area contributed by atoms with Gasteiger partial charge in [0, 0.05) is 12.5 Å². The minimum absolute atomic E-state index is 0.0323. The second kappa shape index (κ2) is 9.36. The monoisotopic (exact) mass is 476 g/mol. The van der Waals surface area contributed by atoms with Crippen molar-refractivity contribution in [2.24, 2.45) is 11.8 Å². The number of carbonyl (C=O) groups is 3. The molecule has 2 aromatic rings. The maximum atomic E-state index is 13.9. The molecule has 3 amide bonds. The Kier molecular flexibility index (Phi) is 6.26. The number of carbonyl (C=O) groups excluding carboxylic acids is 3. The van der Waals surface area contributed by atoms with E-state index in [9.17, 15) is 14.4 Å². The van der Waals surface area contributed by atoms with Crippen molar-refractivity contribution in [3.8, 4) is 11.5 Å². The summed E-state index contributed by atoms with van der Waals surface area (Å²) in [6, 6.07) is 10.3. The van der Waals surface area contributed by atoms with Gasteiger partial charge in [-0.15, -0.1) is 0 Å². The summed E-state index contributed by atoms with van der Waals surface area (Å²) in [5.41, 5.74) is 2.78. The summed E-state index contributed by atoms with van der Waals surface area (Å²) < 4.78 is 11.1. The molecule has 2 heterocycles. The smallest absolute Gasteiger partial charge is 0.261 e. The number of rotatable bonds is 5. The van der Waals surface area contributed by atoms with E-state index in [0.717, 1.165) is 36.8 Å². The number of imide groups is 1. The zero-order valence-electron chi connectivity index (χ0n) is 20.6. The highest BCUT2D eigenvalue weighted by Crippen LogP contribution is 2.41. The van der Waals surface area contributed by atoms with E-state index in [1.807, 2.05) is 17.0 Å². The van der Waals surface area contributed by atoms with Gasteiger partial charge in [-0.2, -0.15) is 0 Å². The highest BCUT2D eigenvalue weighted by Gasteiger charge is 2.42. The molecule has 0 spiro atoms. The second-order valence-electron chi connectivity index (χ2n) is 9.84. The van der Waals surface area contributed by atoms with Gasteiger partial charge in [-0.25, -0.2) is 0 Å². The summed E-state index contributed by atoms with van der Waals surface area (Å²) in [4.78, 5) is 43.5. The first-order valence-electron chi connectivity index (χ1n) is 12.4. The molecular formula is C28H32N2O5. The van der Waals surface area contributed by atoms with Gasteiger partial charge in [-0.1, -0.05) is 31.9 Å². The minimum atomic E-state index is -0.442. The lowest BCUT2D eigenvalue weighted by Gasteiger charge is -2.42. The molecule has 0 saturated heterocycles. The first kappa shape index (κ1) is 23.4.